The number of para-hydroxylation sites is 1. The van der Waals surface area contributed by atoms with Crippen LogP contribution in [-0.2, 0) is 16.0 Å². The summed E-state index contributed by atoms with van der Waals surface area (Å²) in [6, 6.07) is 13.0. The number of likely N-dealkylation sites (N-methyl/N-ethyl adjacent to an activating group) is 1. The zero-order valence-corrected chi connectivity index (χ0v) is 18.4. The van der Waals surface area contributed by atoms with E-state index in [1.165, 1.54) is 16.7 Å². The maximum absolute atomic E-state index is 12.8. The third-order valence-corrected chi connectivity index (χ3v) is 5.57. The molecule has 0 aliphatic carbocycles. The van der Waals surface area contributed by atoms with Gasteiger partial charge in [-0.3, -0.25) is 9.69 Å². The topological polar surface area (TPSA) is 88.4 Å². The second-order valence-electron chi connectivity index (χ2n) is 6.67. The molecule has 1 N–H and O–H groups in total. The second kappa shape index (κ2) is 10.2. The Morgan fingerprint density at radius 3 is 2.65 bits per heavy atom. The van der Waals surface area contributed by atoms with Crippen molar-refractivity contribution in [1.29, 1.82) is 0 Å². The number of aliphatic carboxylic acids is 1. The SMILES string of the molecule is CCOc1cc(/C=C2/SC(=Nc3ccccc3CC)N(C)C2=O)ccc1OCC(=O)O. The molecule has 3 rings (SSSR count). The highest BCUT2D eigenvalue weighted by Gasteiger charge is 2.30. The molecular weight excluding hydrogens is 416 g/mol. The van der Waals surface area contributed by atoms with Crippen LogP contribution >= 0.6 is 11.8 Å². The fraction of sp³-hybridized carbons (Fsp3) is 0.261. The molecule has 31 heavy (non-hydrogen) atoms. The van der Waals surface area contributed by atoms with Gasteiger partial charge in [0.25, 0.3) is 5.91 Å². The number of hydrogen-bond acceptors (Lipinski definition) is 6. The van der Waals surface area contributed by atoms with Crippen LogP contribution in [-0.4, -0.2) is 47.3 Å². The van der Waals surface area contributed by atoms with Crippen molar-refractivity contribution in [2.75, 3.05) is 20.3 Å². The van der Waals surface area contributed by atoms with Crippen molar-refractivity contribution in [2.24, 2.45) is 4.99 Å². The molecule has 1 amide bonds. The van der Waals surface area contributed by atoms with Crippen molar-refractivity contribution in [3.63, 3.8) is 0 Å². The highest BCUT2D eigenvalue weighted by atomic mass is 32.2. The molecule has 1 heterocycles. The van der Waals surface area contributed by atoms with Crippen molar-refractivity contribution in [2.45, 2.75) is 20.3 Å². The number of aliphatic imine (C=N–C) groups is 1. The fourth-order valence-corrected chi connectivity index (χ4v) is 3.95. The lowest BCUT2D eigenvalue weighted by atomic mass is 10.1. The molecule has 7 nitrogen and oxygen atoms in total. The maximum atomic E-state index is 12.8. The normalized spacial score (nSPS) is 16.2. The van der Waals surface area contributed by atoms with Crippen molar-refractivity contribution in [3.05, 3.63) is 58.5 Å². The Morgan fingerprint density at radius 1 is 1.16 bits per heavy atom. The molecule has 0 aromatic heterocycles. The Labute approximate surface area is 185 Å². The van der Waals surface area contributed by atoms with Crippen molar-refractivity contribution >= 4 is 40.6 Å². The molecule has 8 heteroatoms. The van der Waals surface area contributed by atoms with Crippen LogP contribution in [0.5, 0.6) is 11.5 Å². The summed E-state index contributed by atoms with van der Waals surface area (Å²) in [5, 5.41) is 9.44. The third-order valence-electron chi connectivity index (χ3n) is 4.51. The van der Waals surface area contributed by atoms with Crippen LogP contribution < -0.4 is 9.47 Å². The van der Waals surface area contributed by atoms with E-state index in [1.807, 2.05) is 31.2 Å². The number of thioether (sulfide) groups is 1. The molecular formula is C23H24N2O5S. The van der Waals surface area contributed by atoms with E-state index >= 15 is 0 Å². The number of amidine groups is 1. The summed E-state index contributed by atoms with van der Waals surface area (Å²) in [5.41, 5.74) is 2.71. The largest absolute Gasteiger partial charge is 0.490 e. The molecule has 0 bridgehead atoms. The predicted molar refractivity (Wildman–Crippen MR) is 122 cm³/mol. The van der Waals surface area contributed by atoms with Crippen molar-refractivity contribution < 1.29 is 24.2 Å². The van der Waals surface area contributed by atoms with Crippen LogP contribution in [0.1, 0.15) is 25.0 Å². The van der Waals surface area contributed by atoms with E-state index in [4.69, 9.17) is 19.6 Å². The number of carbonyl (C=O) groups excluding carboxylic acids is 1. The average molecular weight is 441 g/mol. The minimum Gasteiger partial charge on any atom is -0.490 e. The molecule has 0 spiro atoms. The summed E-state index contributed by atoms with van der Waals surface area (Å²) < 4.78 is 10.8. The molecule has 1 fully saturated rings. The lowest BCUT2D eigenvalue weighted by Gasteiger charge is -2.11. The van der Waals surface area contributed by atoms with Crippen LogP contribution in [0.25, 0.3) is 6.08 Å². The van der Waals surface area contributed by atoms with E-state index in [2.05, 4.69) is 6.92 Å². The summed E-state index contributed by atoms with van der Waals surface area (Å²) in [5.74, 6) is -0.442. The molecule has 2 aromatic rings. The van der Waals surface area contributed by atoms with Gasteiger partial charge >= 0.3 is 5.97 Å². The quantitative estimate of drug-likeness (QED) is 0.614. The Morgan fingerprint density at radius 2 is 1.94 bits per heavy atom. The minimum absolute atomic E-state index is 0.137. The monoisotopic (exact) mass is 440 g/mol. The number of carbonyl (C=O) groups is 2. The number of hydrogen-bond donors (Lipinski definition) is 1. The van der Waals surface area contributed by atoms with E-state index in [-0.39, 0.29) is 5.91 Å². The highest BCUT2D eigenvalue weighted by molar-refractivity contribution is 8.18. The summed E-state index contributed by atoms with van der Waals surface area (Å²) in [4.78, 5) is 30.3. The Bertz CT molecular complexity index is 1050. The van der Waals surface area contributed by atoms with E-state index in [9.17, 15) is 9.59 Å². The van der Waals surface area contributed by atoms with Crippen LogP contribution in [0.15, 0.2) is 52.4 Å². The van der Waals surface area contributed by atoms with Gasteiger partial charge < -0.3 is 14.6 Å². The molecule has 162 valence electrons. The number of benzene rings is 2. The van der Waals surface area contributed by atoms with Crippen LogP contribution in [0.3, 0.4) is 0 Å². The molecule has 1 aliphatic rings. The first kappa shape index (κ1) is 22.4. The second-order valence-corrected chi connectivity index (χ2v) is 7.68. The first-order chi connectivity index (χ1) is 14.9. The van der Waals surface area contributed by atoms with Gasteiger partial charge in [-0.25, -0.2) is 9.79 Å². The molecule has 0 unspecified atom stereocenters. The van der Waals surface area contributed by atoms with Gasteiger partial charge in [0.2, 0.25) is 0 Å². The summed E-state index contributed by atoms with van der Waals surface area (Å²) >= 11 is 1.31. The first-order valence-corrected chi connectivity index (χ1v) is 10.7. The van der Waals surface area contributed by atoms with Gasteiger partial charge in [-0.2, -0.15) is 0 Å². The van der Waals surface area contributed by atoms with Crippen molar-refractivity contribution in [3.8, 4) is 11.5 Å². The van der Waals surface area contributed by atoms with E-state index < -0.39 is 12.6 Å². The molecule has 1 aliphatic heterocycles. The van der Waals surface area contributed by atoms with Crippen LogP contribution in [0, 0.1) is 0 Å². The van der Waals surface area contributed by atoms with Gasteiger partial charge in [0.05, 0.1) is 17.2 Å². The zero-order valence-electron chi connectivity index (χ0n) is 17.6. The first-order valence-electron chi connectivity index (χ1n) is 9.88. The standard InChI is InChI=1S/C23H24N2O5S/c1-4-16-8-6-7-9-17(16)24-23-25(3)22(28)20(31-23)13-15-10-11-18(30-14-21(26)27)19(12-15)29-5-2/h6-13H,4-5,14H2,1-3H3,(H,26,27)/b20-13+,24-23?. The van der Waals surface area contributed by atoms with Gasteiger partial charge in [-0.15, -0.1) is 0 Å². The summed E-state index contributed by atoms with van der Waals surface area (Å²) in [6.07, 6.45) is 2.62. The molecule has 1 saturated heterocycles. The Hall–Kier alpha value is -3.26. The smallest absolute Gasteiger partial charge is 0.341 e. The summed E-state index contributed by atoms with van der Waals surface area (Å²) in [7, 11) is 1.71. The third kappa shape index (κ3) is 5.46. The molecule has 0 atom stereocenters. The minimum atomic E-state index is -1.07. The Balaban J connectivity index is 1.87. The number of amides is 1. The number of nitrogens with zero attached hydrogens (tertiary/aromatic N) is 2. The van der Waals surface area contributed by atoms with E-state index in [0.717, 1.165) is 23.2 Å². The number of aryl methyl sites for hydroxylation is 1. The number of ether oxygens (including phenoxy) is 2. The van der Waals surface area contributed by atoms with E-state index in [0.29, 0.717) is 28.2 Å². The number of carboxylic acids is 1. The fourth-order valence-electron chi connectivity index (χ4n) is 2.97. The predicted octanol–water partition coefficient (Wildman–Crippen LogP) is 4.34. The van der Waals surface area contributed by atoms with Crippen LogP contribution in [0.4, 0.5) is 5.69 Å². The van der Waals surface area contributed by atoms with Gasteiger partial charge in [0.1, 0.15) is 0 Å². The maximum Gasteiger partial charge on any atom is 0.341 e. The summed E-state index contributed by atoms with van der Waals surface area (Å²) in [6.45, 7) is 3.83. The number of rotatable bonds is 8. The van der Waals surface area contributed by atoms with Gasteiger partial charge in [0.15, 0.2) is 23.3 Å². The molecule has 0 radical (unpaired) electrons. The highest BCUT2D eigenvalue weighted by Crippen LogP contribution is 2.35. The van der Waals surface area contributed by atoms with Crippen molar-refractivity contribution in [1.82, 2.24) is 4.90 Å². The molecule has 2 aromatic carbocycles. The average Bonchev–Trinajstić information content (AvgIpc) is 3.01. The zero-order chi connectivity index (χ0) is 22.4. The van der Waals surface area contributed by atoms with Gasteiger partial charge in [-0.05, 0) is 60.5 Å². The van der Waals surface area contributed by atoms with Gasteiger partial charge in [0, 0.05) is 7.05 Å². The van der Waals surface area contributed by atoms with Gasteiger partial charge in [-0.1, -0.05) is 31.2 Å². The Kier molecular flexibility index (Phi) is 7.36. The number of carboxylic acid groups (broad SMARTS) is 1. The molecule has 0 saturated carbocycles. The lowest BCUT2D eigenvalue weighted by Crippen LogP contribution is -2.23. The van der Waals surface area contributed by atoms with Crippen LogP contribution in [0.2, 0.25) is 0 Å². The lowest BCUT2D eigenvalue weighted by molar-refractivity contribution is -0.139. The van der Waals surface area contributed by atoms with E-state index in [1.54, 1.807) is 31.3 Å².